The molecule has 0 radical (unpaired) electrons. The lowest BCUT2D eigenvalue weighted by Crippen LogP contribution is -2.38. The van der Waals surface area contributed by atoms with E-state index in [1.54, 1.807) is 7.11 Å². The first-order chi connectivity index (χ1) is 32.0. The Kier molecular flexibility index (Phi) is 13.4. The molecule has 344 valence electrons. The molecule has 2 atom stereocenters. The van der Waals surface area contributed by atoms with Crippen molar-refractivity contribution in [3.63, 3.8) is 0 Å². The zero-order valence-corrected chi connectivity index (χ0v) is 39.4. The molecular formula is C53H59N5O7S. The van der Waals surface area contributed by atoms with E-state index in [0.29, 0.717) is 85.0 Å². The monoisotopic (exact) mass is 909 g/mol. The van der Waals surface area contributed by atoms with Gasteiger partial charge < -0.3 is 33.5 Å². The third-order valence-electron chi connectivity index (χ3n) is 12.6. The van der Waals surface area contributed by atoms with Crippen LogP contribution >= 0.6 is 12.6 Å². The van der Waals surface area contributed by atoms with Crippen LogP contribution in [0.25, 0.3) is 0 Å². The summed E-state index contributed by atoms with van der Waals surface area (Å²) in [7, 11) is 1.60. The van der Waals surface area contributed by atoms with E-state index < -0.39 is 0 Å². The van der Waals surface area contributed by atoms with Gasteiger partial charge in [0.05, 0.1) is 55.6 Å². The zero-order valence-electron chi connectivity index (χ0n) is 38.5. The van der Waals surface area contributed by atoms with Crippen LogP contribution in [0, 0.1) is 6.92 Å². The fourth-order valence-electron chi connectivity index (χ4n) is 9.57. The number of rotatable bonds is 18. The highest BCUT2D eigenvalue weighted by atomic mass is 32.1. The van der Waals surface area contributed by atoms with Gasteiger partial charge in [-0.05, 0) is 111 Å². The van der Waals surface area contributed by atoms with Gasteiger partial charge in [-0.15, -0.1) is 0 Å². The van der Waals surface area contributed by atoms with Crippen LogP contribution < -0.4 is 28.9 Å². The first-order valence-corrected chi connectivity index (χ1v) is 23.5. The van der Waals surface area contributed by atoms with E-state index in [1.165, 1.54) is 5.56 Å². The smallest absolute Gasteiger partial charge is 0.261 e. The van der Waals surface area contributed by atoms with Gasteiger partial charge in [0.25, 0.3) is 11.8 Å². The number of hydrogen-bond donors (Lipinski definition) is 1. The fraction of sp³-hybridized carbons (Fsp3) is 0.396. The van der Waals surface area contributed by atoms with Crippen LogP contribution in [0.2, 0.25) is 0 Å². The molecule has 2 amide bonds. The molecule has 0 saturated carbocycles. The highest BCUT2D eigenvalue weighted by molar-refractivity contribution is 7.81. The van der Waals surface area contributed by atoms with Crippen molar-refractivity contribution >= 4 is 53.4 Å². The molecule has 0 bridgehead atoms. The Bertz CT molecular complexity index is 2650. The number of nitrogens with zero attached hydrogens (tertiary/aromatic N) is 5. The SMILES string of the molecule is CCCOCCOCCN(CC(C)(C)S)c1cc(COc2cc3c(cc2C)C(=O)N2c4ccccc4C[C@H]2C=N3)nc(COc2cc3c(cc2OC)C(=O)N2c4ccccc4C[C@H]2CC3)c1. The number of aromatic nitrogens is 1. The molecule has 0 saturated heterocycles. The molecule has 4 aromatic carbocycles. The Morgan fingerprint density at radius 3 is 2.14 bits per heavy atom. The van der Waals surface area contributed by atoms with E-state index >= 15 is 0 Å². The van der Waals surface area contributed by atoms with Gasteiger partial charge in [-0.2, -0.15) is 12.6 Å². The minimum absolute atomic E-state index is 0.0137. The van der Waals surface area contributed by atoms with Gasteiger partial charge >= 0.3 is 0 Å². The normalized spacial score (nSPS) is 17.0. The van der Waals surface area contributed by atoms with Crippen LogP contribution in [-0.2, 0) is 41.9 Å². The lowest BCUT2D eigenvalue weighted by atomic mass is 9.99. The molecule has 13 heteroatoms. The van der Waals surface area contributed by atoms with E-state index in [9.17, 15) is 9.59 Å². The van der Waals surface area contributed by atoms with Crippen molar-refractivity contribution in [2.24, 2.45) is 4.99 Å². The lowest BCUT2D eigenvalue weighted by molar-refractivity contribution is 0.0505. The predicted molar refractivity (Wildman–Crippen MR) is 262 cm³/mol. The second kappa shape index (κ2) is 19.5. The van der Waals surface area contributed by atoms with Gasteiger partial charge in [0, 0.05) is 71.8 Å². The predicted octanol–water partition coefficient (Wildman–Crippen LogP) is 9.32. The molecule has 0 aliphatic carbocycles. The number of hydrogen-bond acceptors (Lipinski definition) is 11. The molecule has 4 aliphatic rings. The van der Waals surface area contributed by atoms with Gasteiger partial charge in [0.2, 0.25) is 0 Å². The maximum atomic E-state index is 14.2. The second-order valence-electron chi connectivity index (χ2n) is 18.2. The van der Waals surface area contributed by atoms with Gasteiger partial charge in [-0.25, -0.2) is 0 Å². The maximum absolute atomic E-state index is 14.2. The molecule has 66 heavy (non-hydrogen) atoms. The number of para-hydroxylation sites is 2. The number of thiol groups is 1. The summed E-state index contributed by atoms with van der Waals surface area (Å²) in [5, 5.41) is 0. The summed E-state index contributed by atoms with van der Waals surface area (Å²) in [6, 6.07) is 27.8. The Balaban J connectivity index is 0.982. The molecule has 9 rings (SSSR count). The van der Waals surface area contributed by atoms with Crippen molar-refractivity contribution < 1.29 is 33.3 Å². The van der Waals surface area contributed by atoms with Crippen LogP contribution in [0.4, 0.5) is 22.7 Å². The topological polar surface area (TPSA) is 115 Å². The van der Waals surface area contributed by atoms with Crippen molar-refractivity contribution in [3.05, 3.63) is 130 Å². The van der Waals surface area contributed by atoms with Gasteiger partial charge in [0.15, 0.2) is 11.5 Å². The van der Waals surface area contributed by atoms with Gasteiger partial charge in [-0.1, -0.05) is 43.3 Å². The molecule has 12 nitrogen and oxygen atoms in total. The summed E-state index contributed by atoms with van der Waals surface area (Å²) < 4.78 is 30.4. The minimum atomic E-state index is -0.335. The van der Waals surface area contributed by atoms with Crippen molar-refractivity contribution in [1.82, 2.24) is 4.98 Å². The first kappa shape index (κ1) is 45.3. The van der Waals surface area contributed by atoms with Crippen LogP contribution in [0.3, 0.4) is 0 Å². The number of anilines is 3. The highest BCUT2D eigenvalue weighted by Crippen LogP contribution is 2.42. The summed E-state index contributed by atoms with van der Waals surface area (Å²) in [6.07, 6.45) is 6.00. The molecule has 4 aliphatic heterocycles. The lowest BCUT2D eigenvalue weighted by Gasteiger charge is -2.32. The minimum Gasteiger partial charge on any atom is -0.493 e. The number of aliphatic imine (C=N–C) groups is 1. The molecular weight excluding hydrogens is 851 g/mol. The molecule has 0 N–H and O–H groups in total. The van der Waals surface area contributed by atoms with Crippen LogP contribution in [0.15, 0.2) is 89.9 Å². The number of carbonyl (C=O) groups excluding carboxylic acids is 2. The Hall–Kier alpha value is -5.89. The summed E-state index contributed by atoms with van der Waals surface area (Å²) in [6.45, 7) is 12.0. The van der Waals surface area contributed by atoms with E-state index in [-0.39, 0.29) is 41.9 Å². The average molecular weight is 910 g/mol. The summed E-state index contributed by atoms with van der Waals surface area (Å²) in [4.78, 5) is 44.2. The van der Waals surface area contributed by atoms with Crippen LogP contribution in [0.5, 0.6) is 17.2 Å². The molecule has 0 spiro atoms. The Morgan fingerprint density at radius 1 is 0.758 bits per heavy atom. The first-order valence-electron chi connectivity index (χ1n) is 23.1. The number of fused-ring (bicyclic) bond motifs is 8. The number of ether oxygens (including phenoxy) is 5. The molecule has 5 heterocycles. The average Bonchev–Trinajstić information content (AvgIpc) is 3.80. The number of methoxy groups -OCH3 is 1. The number of benzene rings is 4. The number of aryl methyl sites for hydroxylation is 2. The third-order valence-corrected chi connectivity index (χ3v) is 12.8. The zero-order chi connectivity index (χ0) is 46.0. The van der Waals surface area contributed by atoms with Crippen molar-refractivity contribution in [2.45, 2.75) is 89.8 Å². The van der Waals surface area contributed by atoms with E-state index in [2.05, 4.69) is 37.8 Å². The molecule has 1 aromatic heterocycles. The van der Waals surface area contributed by atoms with E-state index in [0.717, 1.165) is 65.9 Å². The van der Waals surface area contributed by atoms with E-state index in [4.69, 9.17) is 46.3 Å². The Morgan fingerprint density at radius 2 is 1.42 bits per heavy atom. The molecule has 0 fully saturated rings. The van der Waals surface area contributed by atoms with Crippen LogP contribution in [0.1, 0.15) is 88.0 Å². The van der Waals surface area contributed by atoms with E-state index in [1.807, 2.05) is 95.7 Å². The van der Waals surface area contributed by atoms with Crippen LogP contribution in [-0.4, -0.2) is 86.5 Å². The summed E-state index contributed by atoms with van der Waals surface area (Å²) in [5.41, 5.74) is 10.1. The molecule has 5 aromatic rings. The van der Waals surface area contributed by atoms with Crippen molar-refractivity contribution in [1.29, 1.82) is 0 Å². The molecule has 0 unspecified atom stereocenters. The number of pyridine rings is 1. The Labute approximate surface area is 393 Å². The summed E-state index contributed by atoms with van der Waals surface area (Å²) >= 11 is 4.94. The standard InChI is InChI=1S/C53H59N5O7S/c1-6-18-62-20-21-63-19-17-56(33-53(3,4)66)41-26-38(31-64-48-29-45-44(22-34(48)2)52(60)58-42(30-54-45)24-37-12-8-10-14-47(37)58)55-39(27-41)32-65-50-25-35-15-16-40-23-36-11-7-9-13-46(36)57(40)51(59)43(35)28-49(50)61-5/h7-14,22,25-30,40,42,66H,6,15-21,23-24,31-33H2,1-5H3/t40-,42+/m1/s1. The highest BCUT2D eigenvalue weighted by Gasteiger charge is 2.38. The van der Waals surface area contributed by atoms with Crippen molar-refractivity contribution in [2.75, 3.05) is 61.3 Å². The van der Waals surface area contributed by atoms with Gasteiger partial charge in [0.1, 0.15) is 19.0 Å². The van der Waals surface area contributed by atoms with Gasteiger partial charge in [-0.3, -0.25) is 24.5 Å². The largest absolute Gasteiger partial charge is 0.493 e. The second-order valence-corrected chi connectivity index (χ2v) is 19.4. The summed E-state index contributed by atoms with van der Waals surface area (Å²) in [5.74, 6) is 1.56. The van der Waals surface area contributed by atoms with Crippen molar-refractivity contribution in [3.8, 4) is 17.2 Å². The maximum Gasteiger partial charge on any atom is 0.261 e. The fourth-order valence-corrected chi connectivity index (χ4v) is 9.74. The number of amides is 2. The quantitative estimate of drug-likeness (QED) is 0.0679. The number of carbonyl (C=O) groups is 2. The third kappa shape index (κ3) is 9.65.